The van der Waals surface area contributed by atoms with Crippen molar-refractivity contribution in [1.82, 2.24) is 0 Å². The third-order valence-corrected chi connectivity index (χ3v) is 3.65. The van der Waals surface area contributed by atoms with Gasteiger partial charge in [-0.25, -0.2) is 3.89 Å². The molecule has 0 saturated carbocycles. The first-order chi connectivity index (χ1) is 4.63. The van der Waals surface area contributed by atoms with Gasteiger partial charge in [0.2, 0.25) is 0 Å². The minimum atomic E-state index is -2.31. The van der Waals surface area contributed by atoms with E-state index in [1.807, 2.05) is 20.8 Å². The molecule has 0 N–H and O–H groups in total. The Morgan fingerprint density at radius 2 is 1.30 bits per heavy atom. The molecule has 3 nitrogen and oxygen atoms in total. The molecule has 0 amide bonds. The lowest BCUT2D eigenvalue weighted by Gasteiger charge is -2.27. The van der Waals surface area contributed by atoms with Gasteiger partial charge >= 0.3 is 0 Å². The van der Waals surface area contributed by atoms with Gasteiger partial charge in [-0.3, -0.25) is 0 Å². The van der Waals surface area contributed by atoms with Crippen LogP contribution in [0.2, 0.25) is 0 Å². The van der Waals surface area contributed by atoms with Crippen molar-refractivity contribution in [1.29, 1.82) is 0 Å². The first-order valence-electron chi connectivity index (χ1n) is 3.64. The van der Waals surface area contributed by atoms with Crippen LogP contribution in [0.15, 0.2) is 0 Å². The van der Waals surface area contributed by atoms with E-state index in [1.54, 1.807) is 0 Å². The molecule has 0 aromatic carbocycles. The summed E-state index contributed by atoms with van der Waals surface area (Å²) in [5.74, 6) is 0. The Morgan fingerprint density at radius 3 is 1.30 bits per heavy atom. The van der Waals surface area contributed by atoms with Crippen LogP contribution in [0.3, 0.4) is 0 Å². The van der Waals surface area contributed by atoms with Gasteiger partial charge in [0.05, 0.1) is 19.6 Å². The zero-order valence-corrected chi connectivity index (χ0v) is 7.73. The molecule has 0 aliphatic carbocycles. The molecule has 0 aliphatic heterocycles. The summed E-state index contributed by atoms with van der Waals surface area (Å²) in [4.78, 5) is 0. The Labute approximate surface area is 64.3 Å². The standard InChI is InChI=1S/C6H16NO2S/c1-4-7(5-2,6-3)10(8)9/h10H,4-6H2,1-3H3/q+1. The van der Waals surface area contributed by atoms with Gasteiger partial charge in [0.1, 0.15) is 0 Å². The molecule has 0 fully saturated rings. The van der Waals surface area contributed by atoms with Gasteiger partial charge in [0.15, 0.2) is 0 Å². The minimum absolute atomic E-state index is 0.218. The molecule has 0 rings (SSSR count). The molecule has 0 atom stereocenters. The van der Waals surface area contributed by atoms with Crippen LogP contribution >= 0.6 is 0 Å². The predicted molar refractivity (Wildman–Crippen MR) is 42.2 cm³/mol. The second-order valence-corrected chi connectivity index (χ2v) is 3.61. The number of rotatable bonds is 4. The van der Waals surface area contributed by atoms with Crippen LogP contribution in [-0.2, 0) is 10.9 Å². The molecular weight excluding hydrogens is 150 g/mol. The van der Waals surface area contributed by atoms with Gasteiger partial charge in [0.25, 0.3) is 10.9 Å². The normalized spacial score (nSPS) is 12.4. The number of thiol groups is 1. The van der Waals surface area contributed by atoms with Gasteiger partial charge in [-0.05, 0) is 20.8 Å². The topological polar surface area (TPSA) is 34.1 Å². The van der Waals surface area contributed by atoms with E-state index in [9.17, 15) is 8.42 Å². The van der Waals surface area contributed by atoms with E-state index in [0.29, 0.717) is 19.6 Å². The van der Waals surface area contributed by atoms with E-state index in [0.717, 1.165) is 0 Å². The maximum atomic E-state index is 10.7. The summed E-state index contributed by atoms with van der Waals surface area (Å²) in [7, 11) is -2.31. The highest BCUT2D eigenvalue weighted by Crippen LogP contribution is 2.04. The highest BCUT2D eigenvalue weighted by molar-refractivity contribution is 7.66. The Hall–Kier alpha value is -0.0900. The van der Waals surface area contributed by atoms with E-state index in [1.165, 1.54) is 0 Å². The fourth-order valence-electron chi connectivity index (χ4n) is 1.02. The second-order valence-electron chi connectivity index (χ2n) is 2.28. The summed E-state index contributed by atoms with van der Waals surface area (Å²) in [6.07, 6.45) is 0. The molecule has 0 aliphatic rings. The third-order valence-electron chi connectivity index (χ3n) is 2.11. The maximum Gasteiger partial charge on any atom is 0.287 e. The Bertz CT molecular complexity index is 145. The van der Waals surface area contributed by atoms with E-state index < -0.39 is 10.9 Å². The van der Waals surface area contributed by atoms with Crippen molar-refractivity contribution in [3.05, 3.63) is 0 Å². The van der Waals surface area contributed by atoms with E-state index in [2.05, 4.69) is 0 Å². The van der Waals surface area contributed by atoms with Crippen LogP contribution in [0.4, 0.5) is 0 Å². The third kappa shape index (κ3) is 1.70. The van der Waals surface area contributed by atoms with Crippen molar-refractivity contribution in [2.75, 3.05) is 19.6 Å². The van der Waals surface area contributed by atoms with Gasteiger partial charge in [-0.1, -0.05) is 0 Å². The molecule has 4 heteroatoms. The summed E-state index contributed by atoms with van der Waals surface area (Å²) in [6, 6.07) is 0. The monoisotopic (exact) mass is 166 g/mol. The molecule has 0 radical (unpaired) electrons. The van der Waals surface area contributed by atoms with E-state index in [-0.39, 0.29) is 3.89 Å². The van der Waals surface area contributed by atoms with Crippen molar-refractivity contribution in [2.45, 2.75) is 20.8 Å². The largest absolute Gasteiger partial charge is 0.287 e. The fourth-order valence-corrected chi connectivity index (χ4v) is 1.71. The van der Waals surface area contributed by atoms with Crippen molar-refractivity contribution in [3.63, 3.8) is 0 Å². The Morgan fingerprint density at radius 1 is 1.00 bits per heavy atom. The van der Waals surface area contributed by atoms with Crippen molar-refractivity contribution < 1.29 is 12.3 Å². The molecule has 10 heavy (non-hydrogen) atoms. The molecule has 0 unspecified atom stereocenters. The first kappa shape index (κ1) is 9.91. The molecule has 0 aromatic rings. The van der Waals surface area contributed by atoms with Gasteiger partial charge in [-0.2, -0.15) is 8.42 Å². The predicted octanol–water partition coefficient (Wildman–Crippen LogP) is 0.389. The highest BCUT2D eigenvalue weighted by atomic mass is 32.2. The second kappa shape index (κ2) is 3.93. The fraction of sp³-hybridized carbons (Fsp3) is 1.00. The smallest absolute Gasteiger partial charge is 0.221 e. The zero-order chi connectivity index (χ0) is 8.20. The lowest BCUT2D eigenvalue weighted by Crippen LogP contribution is -2.45. The van der Waals surface area contributed by atoms with Gasteiger partial charge < -0.3 is 0 Å². The lowest BCUT2D eigenvalue weighted by atomic mass is 10.5. The van der Waals surface area contributed by atoms with E-state index >= 15 is 0 Å². The molecule has 0 saturated heterocycles. The number of nitrogens with zero attached hydrogens (tertiary/aromatic N) is 1. The summed E-state index contributed by atoms with van der Waals surface area (Å²) in [5, 5.41) is 0. The molecular formula is C6H16NO2S+. The SMILES string of the molecule is CC[N+](CC)(CC)[SH](=O)=O. The van der Waals surface area contributed by atoms with Crippen LogP contribution in [0.1, 0.15) is 20.8 Å². The first-order valence-corrected chi connectivity index (χ1v) is 4.77. The molecule has 0 heterocycles. The highest BCUT2D eigenvalue weighted by Gasteiger charge is 2.22. The summed E-state index contributed by atoms with van der Waals surface area (Å²) >= 11 is 0. The minimum Gasteiger partial charge on any atom is -0.221 e. The van der Waals surface area contributed by atoms with Crippen LogP contribution in [0, 0.1) is 0 Å². The molecule has 62 valence electrons. The Balaban J connectivity index is 4.47. The maximum absolute atomic E-state index is 10.7. The van der Waals surface area contributed by atoms with Crippen molar-refractivity contribution in [3.8, 4) is 0 Å². The van der Waals surface area contributed by atoms with Gasteiger partial charge in [-0.15, -0.1) is 0 Å². The summed E-state index contributed by atoms with van der Waals surface area (Å²) < 4.78 is 21.7. The number of hydrogen-bond donors (Lipinski definition) is 1. The van der Waals surface area contributed by atoms with Crippen molar-refractivity contribution in [2.24, 2.45) is 0 Å². The van der Waals surface area contributed by atoms with Crippen molar-refractivity contribution >= 4 is 10.9 Å². The number of quaternary nitrogens is 1. The summed E-state index contributed by atoms with van der Waals surface area (Å²) in [6.45, 7) is 7.72. The lowest BCUT2D eigenvalue weighted by molar-refractivity contribution is -0.796. The van der Waals surface area contributed by atoms with Crippen LogP contribution in [-0.4, -0.2) is 31.9 Å². The number of hydrogen-bond acceptors (Lipinski definition) is 2. The van der Waals surface area contributed by atoms with Crippen LogP contribution in [0.5, 0.6) is 0 Å². The molecule has 0 spiro atoms. The van der Waals surface area contributed by atoms with E-state index in [4.69, 9.17) is 0 Å². The average Bonchev–Trinajstić information content (AvgIpc) is 1.92. The van der Waals surface area contributed by atoms with Gasteiger partial charge in [0, 0.05) is 0 Å². The molecule has 0 aromatic heterocycles. The summed E-state index contributed by atoms with van der Waals surface area (Å²) in [5.41, 5.74) is 0. The zero-order valence-electron chi connectivity index (χ0n) is 6.83. The van der Waals surface area contributed by atoms with Crippen LogP contribution in [0.25, 0.3) is 0 Å². The quantitative estimate of drug-likeness (QED) is 0.484. The average molecular weight is 166 g/mol. The Kier molecular flexibility index (Phi) is 3.89. The molecule has 0 bridgehead atoms. The van der Waals surface area contributed by atoms with Crippen LogP contribution < -0.4 is 0 Å².